The topological polar surface area (TPSA) is 0 Å². The van der Waals surface area contributed by atoms with Gasteiger partial charge in [-0.3, -0.25) is 0 Å². The first kappa shape index (κ1) is 22.3. The van der Waals surface area contributed by atoms with E-state index in [4.69, 9.17) is 0 Å². The van der Waals surface area contributed by atoms with E-state index >= 15 is 0 Å². The number of hydrogen-bond acceptors (Lipinski definition) is 0. The summed E-state index contributed by atoms with van der Waals surface area (Å²) >= 11 is 0. The molecule has 0 amide bonds. The first-order chi connectivity index (χ1) is 15.7. The summed E-state index contributed by atoms with van der Waals surface area (Å²) in [5.41, 5.74) is 8.52. The van der Waals surface area contributed by atoms with Crippen molar-refractivity contribution >= 4 is 32.7 Å². The Labute approximate surface area is 202 Å². The Bertz CT molecular complexity index is 1300. The zero-order chi connectivity index (χ0) is 23.4. The fourth-order valence-electron chi connectivity index (χ4n) is 6.76. The first-order valence-corrected chi connectivity index (χ1v) is 23.1. The van der Waals surface area contributed by atoms with Gasteiger partial charge in [-0.1, -0.05) is 129 Å². The summed E-state index contributed by atoms with van der Waals surface area (Å²) in [4.78, 5) is 0. The van der Waals surface area contributed by atoms with E-state index in [1.807, 2.05) is 0 Å². The number of fused-ring (bicyclic) bond motifs is 3. The van der Waals surface area contributed by atoms with Crippen LogP contribution in [0.5, 0.6) is 0 Å². The molecule has 4 aromatic rings. The number of benzene rings is 4. The molecular formula is C30H34Si3. The van der Waals surface area contributed by atoms with Gasteiger partial charge in [-0.15, -0.1) is 0 Å². The lowest BCUT2D eigenvalue weighted by Crippen LogP contribution is -2.83. The molecular weight excluding hydrogens is 445 g/mol. The van der Waals surface area contributed by atoms with Crippen LogP contribution in [0.4, 0.5) is 0 Å². The standard InChI is InChI=1S/C30H34Si3/c1-31(2,3)33(32(4,5)6)29-20-14-13-19-26(29)28-22-25(23-15-9-7-10-16-23)21-27(30(28)33)24-17-11-8-12-18-24/h7-22H,1-6H3. The van der Waals surface area contributed by atoms with Crippen LogP contribution in [0.15, 0.2) is 97.1 Å². The summed E-state index contributed by atoms with van der Waals surface area (Å²) < 4.78 is 0. The molecule has 0 nitrogen and oxygen atoms in total. The summed E-state index contributed by atoms with van der Waals surface area (Å²) in [6.07, 6.45) is 0. The summed E-state index contributed by atoms with van der Waals surface area (Å²) in [5, 5.41) is 3.47. The van der Waals surface area contributed by atoms with Gasteiger partial charge in [0.15, 0.2) is 0 Å². The van der Waals surface area contributed by atoms with Crippen molar-refractivity contribution in [2.75, 3.05) is 0 Å². The highest BCUT2D eigenvalue weighted by molar-refractivity contribution is 7.77. The minimum absolute atomic E-state index is 1.30. The van der Waals surface area contributed by atoms with Gasteiger partial charge in [0.05, 0.1) is 0 Å². The fourth-order valence-corrected chi connectivity index (χ4v) is 53.9. The van der Waals surface area contributed by atoms with E-state index in [0.29, 0.717) is 0 Å². The van der Waals surface area contributed by atoms with Crippen molar-refractivity contribution in [3.8, 4) is 33.4 Å². The van der Waals surface area contributed by atoms with Crippen molar-refractivity contribution in [2.45, 2.75) is 39.3 Å². The van der Waals surface area contributed by atoms with Gasteiger partial charge in [-0.05, 0) is 50.7 Å². The third-order valence-corrected chi connectivity index (χ3v) is 44.7. The quantitative estimate of drug-likeness (QED) is 0.268. The summed E-state index contributed by atoms with van der Waals surface area (Å²) in [5.74, 6) is 0. The van der Waals surface area contributed by atoms with Crippen molar-refractivity contribution in [3.63, 3.8) is 0 Å². The molecule has 0 aromatic heterocycles. The highest BCUT2D eigenvalue weighted by atomic mass is 29.6. The molecule has 0 spiro atoms. The second kappa shape index (κ2) is 7.80. The Morgan fingerprint density at radius 2 is 0.939 bits per heavy atom. The van der Waals surface area contributed by atoms with E-state index in [2.05, 4.69) is 136 Å². The second-order valence-corrected chi connectivity index (χ2v) is 38.0. The molecule has 0 aliphatic carbocycles. The molecule has 0 fully saturated rings. The zero-order valence-corrected chi connectivity index (χ0v) is 23.7. The van der Waals surface area contributed by atoms with Gasteiger partial charge in [0.1, 0.15) is 7.11 Å². The SMILES string of the molecule is C[Si](C)(C)[Si]1([Si](C)(C)C)c2ccccc2-c2cc(-c3ccccc3)cc(-c3ccccc3)c21. The smallest absolute Gasteiger partial charge is 0.0711 e. The molecule has 0 radical (unpaired) electrons. The van der Waals surface area contributed by atoms with Crippen LogP contribution in [0.3, 0.4) is 0 Å². The average Bonchev–Trinajstić information content (AvgIpc) is 3.11. The lowest BCUT2D eigenvalue weighted by Gasteiger charge is -2.50. The van der Waals surface area contributed by atoms with E-state index in [1.165, 1.54) is 33.4 Å². The predicted molar refractivity (Wildman–Crippen MR) is 154 cm³/mol. The molecule has 166 valence electrons. The fraction of sp³-hybridized carbons (Fsp3) is 0.200. The predicted octanol–water partition coefficient (Wildman–Crippen LogP) is 7.40. The number of rotatable bonds is 4. The third-order valence-electron chi connectivity index (χ3n) is 7.58. The highest BCUT2D eigenvalue weighted by Gasteiger charge is 2.61. The molecule has 1 heterocycles. The van der Waals surface area contributed by atoms with Crippen molar-refractivity contribution in [1.82, 2.24) is 0 Å². The molecule has 5 rings (SSSR count). The van der Waals surface area contributed by atoms with Gasteiger partial charge in [0.25, 0.3) is 0 Å². The van der Waals surface area contributed by atoms with Crippen molar-refractivity contribution < 1.29 is 0 Å². The van der Waals surface area contributed by atoms with Crippen LogP contribution in [0.2, 0.25) is 39.3 Å². The third kappa shape index (κ3) is 3.29. The average molecular weight is 479 g/mol. The Kier molecular flexibility index (Phi) is 5.27. The number of hydrogen-bond donors (Lipinski definition) is 0. The van der Waals surface area contributed by atoms with Crippen LogP contribution < -0.4 is 10.4 Å². The normalized spacial score (nSPS) is 14.6. The lowest BCUT2D eigenvalue weighted by molar-refractivity contribution is 1.60. The van der Waals surface area contributed by atoms with Gasteiger partial charge < -0.3 is 0 Å². The van der Waals surface area contributed by atoms with Gasteiger partial charge in [-0.25, -0.2) is 0 Å². The van der Waals surface area contributed by atoms with E-state index in [0.717, 1.165) is 0 Å². The summed E-state index contributed by atoms with van der Waals surface area (Å²) in [6.45, 7) is 15.9. The molecule has 0 N–H and O–H groups in total. The zero-order valence-electron chi connectivity index (χ0n) is 20.7. The van der Waals surface area contributed by atoms with Crippen LogP contribution in [0, 0.1) is 0 Å². The maximum absolute atomic E-state index is 2.66. The van der Waals surface area contributed by atoms with Gasteiger partial charge in [0, 0.05) is 15.2 Å². The first-order valence-electron chi connectivity index (χ1n) is 12.1. The molecule has 33 heavy (non-hydrogen) atoms. The molecule has 0 atom stereocenters. The Morgan fingerprint density at radius 1 is 0.455 bits per heavy atom. The van der Waals surface area contributed by atoms with Crippen molar-refractivity contribution in [1.29, 1.82) is 0 Å². The van der Waals surface area contributed by atoms with E-state index in [-0.39, 0.29) is 0 Å². The molecule has 3 heteroatoms. The molecule has 0 unspecified atom stereocenters. The molecule has 1 aliphatic rings. The Morgan fingerprint density at radius 3 is 1.52 bits per heavy atom. The summed E-state index contributed by atoms with van der Waals surface area (Å²) in [6, 6.07) is 36.6. The van der Waals surface area contributed by atoms with Gasteiger partial charge in [0.2, 0.25) is 0 Å². The van der Waals surface area contributed by atoms with Crippen molar-refractivity contribution in [2.24, 2.45) is 0 Å². The maximum Gasteiger partial charge on any atom is 0.106 e. The Hall–Kier alpha value is -2.47. The van der Waals surface area contributed by atoms with E-state index < -0.39 is 22.3 Å². The van der Waals surface area contributed by atoms with Crippen LogP contribution in [-0.4, -0.2) is 22.3 Å². The van der Waals surface area contributed by atoms with Crippen LogP contribution in [0.1, 0.15) is 0 Å². The molecule has 0 bridgehead atoms. The largest absolute Gasteiger partial charge is 0.106 e. The molecule has 0 saturated heterocycles. The summed E-state index contributed by atoms with van der Waals surface area (Å²) in [7, 11) is -5.10. The van der Waals surface area contributed by atoms with Crippen LogP contribution in [-0.2, 0) is 0 Å². The second-order valence-electron chi connectivity index (χ2n) is 11.5. The Balaban J connectivity index is 1.99. The molecule has 1 aliphatic heterocycles. The lowest BCUT2D eigenvalue weighted by atomic mass is 9.93. The minimum Gasteiger partial charge on any atom is -0.0711 e. The van der Waals surface area contributed by atoms with Gasteiger partial charge >= 0.3 is 0 Å². The van der Waals surface area contributed by atoms with Crippen LogP contribution in [0.25, 0.3) is 33.4 Å². The maximum atomic E-state index is 2.66. The van der Waals surface area contributed by atoms with Crippen LogP contribution >= 0.6 is 0 Å². The van der Waals surface area contributed by atoms with Crippen molar-refractivity contribution in [3.05, 3.63) is 97.1 Å². The molecule has 4 aromatic carbocycles. The van der Waals surface area contributed by atoms with E-state index in [9.17, 15) is 0 Å². The highest BCUT2D eigenvalue weighted by Crippen LogP contribution is 2.43. The van der Waals surface area contributed by atoms with E-state index in [1.54, 1.807) is 10.4 Å². The van der Waals surface area contributed by atoms with Gasteiger partial charge in [-0.2, -0.15) is 0 Å². The monoisotopic (exact) mass is 478 g/mol. The molecule has 0 saturated carbocycles. The minimum atomic E-state index is -1.95.